The molecule has 19 heavy (non-hydrogen) atoms. The number of hydrogen-bond acceptors (Lipinski definition) is 4. The van der Waals surface area contributed by atoms with Crippen LogP contribution in [0.25, 0.3) is 0 Å². The molecule has 0 aliphatic heterocycles. The fraction of sp³-hybridized carbons (Fsp3) is 0.733. The van der Waals surface area contributed by atoms with Gasteiger partial charge in [-0.25, -0.2) is 9.97 Å². The van der Waals surface area contributed by atoms with Gasteiger partial charge in [0.15, 0.2) is 0 Å². The molecule has 1 atom stereocenters. The molecular weight excluding hydrogens is 236 g/mol. The van der Waals surface area contributed by atoms with Crippen molar-refractivity contribution in [3.63, 3.8) is 0 Å². The molecule has 1 aromatic rings. The molecule has 4 nitrogen and oxygen atoms in total. The number of rotatable bonds is 5. The molecule has 1 aliphatic carbocycles. The van der Waals surface area contributed by atoms with Gasteiger partial charge in [0.05, 0.1) is 0 Å². The maximum absolute atomic E-state index is 6.05. The van der Waals surface area contributed by atoms with Gasteiger partial charge in [-0.3, -0.25) is 0 Å². The van der Waals surface area contributed by atoms with Crippen LogP contribution in [0.2, 0.25) is 0 Å². The van der Waals surface area contributed by atoms with Gasteiger partial charge in [0.1, 0.15) is 17.5 Å². The second-order valence-electron chi connectivity index (χ2n) is 6.28. The molecule has 0 saturated heterocycles. The van der Waals surface area contributed by atoms with Crippen molar-refractivity contribution in [2.24, 2.45) is 5.92 Å². The summed E-state index contributed by atoms with van der Waals surface area (Å²) in [6.45, 7) is 8.76. The largest absolute Gasteiger partial charge is 0.383 e. The Balaban J connectivity index is 2.26. The quantitative estimate of drug-likeness (QED) is 0.886. The first kappa shape index (κ1) is 14.1. The highest BCUT2D eigenvalue weighted by Gasteiger charge is 2.28. The van der Waals surface area contributed by atoms with Crippen molar-refractivity contribution in [3.05, 3.63) is 11.4 Å². The van der Waals surface area contributed by atoms with Gasteiger partial charge in [0, 0.05) is 24.6 Å². The summed E-state index contributed by atoms with van der Waals surface area (Å²) in [7, 11) is 2.11. The second kappa shape index (κ2) is 5.35. The van der Waals surface area contributed by atoms with Gasteiger partial charge >= 0.3 is 0 Å². The SMILES string of the molecule is Cc1c(N)nc(C2CC2)nc1N(C)C(C)CC(C)C. The van der Waals surface area contributed by atoms with E-state index in [9.17, 15) is 0 Å². The molecule has 0 amide bonds. The summed E-state index contributed by atoms with van der Waals surface area (Å²) in [4.78, 5) is 11.4. The van der Waals surface area contributed by atoms with Crippen LogP contribution in [0.15, 0.2) is 0 Å². The first-order chi connectivity index (χ1) is 8.90. The lowest BCUT2D eigenvalue weighted by Gasteiger charge is -2.29. The molecule has 0 spiro atoms. The Morgan fingerprint density at radius 3 is 2.42 bits per heavy atom. The van der Waals surface area contributed by atoms with Crippen LogP contribution in [0.1, 0.15) is 57.3 Å². The van der Waals surface area contributed by atoms with E-state index in [0.29, 0.717) is 23.7 Å². The lowest BCUT2D eigenvalue weighted by molar-refractivity contribution is 0.501. The average Bonchev–Trinajstić information content (AvgIpc) is 3.14. The summed E-state index contributed by atoms with van der Waals surface area (Å²) >= 11 is 0. The van der Waals surface area contributed by atoms with Crippen LogP contribution in [-0.2, 0) is 0 Å². The van der Waals surface area contributed by atoms with Crippen LogP contribution in [0.5, 0.6) is 0 Å². The Hall–Kier alpha value is -1.32. The lowest BCUT2D eigenvalue weighted by Crippen LogP contribution is -2.32. The zero-order valence-corrected chi connectivity index (χ0v) is 12.8. The summed E-state index contributed by atoms with van der Waals surface area (Å²) in [6, 6.07) is 0.458. The fourth-order valence-electron chi connectivity index (χ4n) is 2.46. The molecule has 1 fully saturated rings. The predicted molar refractivity (Wildman–Crippen MR) is 80.5 cm³/mol. The van der Waals surface area contributed by atoms with Gasteiger partial charge in [-0.05, 0) is 39.0 Å². The van der Waals surface area contributed by atoms with E-state index in [2.05, 4.69) is 37.7 Å². The van der Waals surface area contributed by atoms with E-state index in [0.717, 1.165) is 23.6 Å². The maximum Gasteiger partial charge on any atom is 0.137 e. The molecule has 4 heteroatoms. The normalized spacial score (nSPS) is 16.7. The van der Waals surface area contributed by atoms with Crippen LogP contribution in [0, 0.1) is 12.8 Å². The van der Waals surface area contributed by atoms with Crippen molar-refractivity contribution in [2.75, 3.05) is 17.7 Å². The Morgan fingerprint density at radius 2 is 1.89 bits per heavy atom. The van der Waals surface area contributed by atoms with Crippen molar-refractivity contribution < 1.29 is 0 Å². The maximum atomic E-state index is 6.05. The van der Waals surface area contributed by atoms with E-state index in [1.165, 1.54) is 12.8 Å². The fourth-order valence-corrected chi connectivity index (χ4v) is 2.46. The van der Waals surface area contributed by atoms with Crippen molar-refractivity contribution in [2.45, 2.75) is 58.9 Å². The molecule has 1 heterocycles. The molecule has 1 saturated carbocycles. The highest BCUT2D eigenvalue weighted by atomic mass is 15.2. The van der Waals surface area contributed by atoms with Crippen LogP contribution in [0.4, 0.5) is 11.6 Å². The number of nitrogen functional groups attached to an aromatic ring is 1. The van der Waals surface area contributed by atoms with Crippen molar-refractivity contribution >= 4 is 11.6 Å². The molecule has 1 unspecified atom stereocenters. The number of anilines is 2. The van der Waals surface area contributed by atoms with Gasteiger partial charge in [-0.15, -0.1) is 0 Å². The second-order valence-corrected chi connectivity index (χ2v) is 6.28. The van der Waals surface area contributed by atoms with E-state index in [1.54, 1.807) is 0 Å². The Kier molecular flexibility index (Phi) is 3.97. The van der Waals surface area contributed by atoms with Crippen LogP contribution in [0.3, 0.4) is 0 Å². The monoisotopic (exact) mass is 262 g/mol. The van der Waals surface area contributed by atoms with Gasteiger partial charge < -0.3 is 10.6 Å². The molecule has 0 aromatic carbocycles. The average molecular weight is 262 g/mol. The van der Waals surface area contributed by atoms with E-state index in [1.807, 2.05) is 6.92 Å². The third kappa shape index (κ3) is 3.17. The van der Waals surface area contributed by atoms with E-state index in [4.69, 9.17) is 10.7 Å². The first-order valence-corrected chi connectivity index (χ1v) is 7.27. The molecule has 106 valence electrons. The Bertz CT molecular complexity index is 452. The first-order valence-electron chi connectivity index (χ1n) is 7.27. The Morgan fingerprint density at radius 1 is 1.26 bits per heavy atom. The lowest BCUT2D eigenvalue weighted by atomic mass is 10.0. The van der Waals surface area contributed by atoms with Crippen LogP contribution in [-0.4, -0.2) is 23.1 Å². The summed E-state index contributed by atoms with van der Waals surface area (Å²) < 4.78 is 0. The predicted octanol–water partition coefficient (Wildman–Crippen LogP) is 3.12. The zero-order valence-electron chi connectivity index (χ0n) is 12.8. The highest BCUT2D eigenvalue weighted by Crippen LogP contribution is 2.39. The number of hydrogen-bond donors (Lipinski definition) is 1. The topological polar surface area (TPSA) is 55.0 Å². The van der Waals surface area contributed by atoms with Crippen LogP contribution < -0.4 is 10.6 Å². The molecular formula is C15H26N4. The van der Waals surface area contributed by atoms with E-state index >= 15 is 0 Å². The Labute approximate surface area is 116 Å². The minimum atomic E-state index is 0.458. The third-order valence-electron chi connectivity index (χ3n) is 3.93. The van der Waals surface area contributed by atoms with E-state index in [-0.39, 0.29) is 0 Å². The standard InChI is InChI=1S/C15H26N4/c1-9(2)8-10(3)19(5)15-11(4)13(16)17-14(18-15)12-6-7-12/h9-10,12H,6-8H2,1-5H3,(H2,16,17,18). The van der Waals surface area contributed by atoms with Gasteiger partial charge in [-0.2, -0.15) is 0 Å². The smallest absolute Gasteiger partial charge is 0.137 e. The minimum absolute atomic E-state index is 0.458. The summed E-state index contributed by atoms with van der Waals surface area (Å²) in [5.74, 6) is 3.79. The molecule has 0 bridgehead atoms. The molecule has 0 radical (unpaired) electrons. The highest BCUT2D eigenvalue weighted by molar-refractivity contribution is 5.56. The van der Waals surface area contributed by atoms with Crippen molar-refractivity contribution in [3.8, 4) is 0 Å². The number of aromatic nitrogens is 2. The van der Waals surface area contributed by atoms with Gasteiger partial charge in [0.25, 0.3) is 0 Å². The van der Waals surface area contributed by atoms with E-state index < -0.39 is 0 Å². The summed E-state index contributed by atoms with van der Waals surface area (Å²) in [5.41, 5.74) is 7.05. The number of nitrogens with two attached hydrogens (primary N) is 1. The number of nitrogens with zero attached hydrogens (tertiary/aromatic N) is 3. The van der Waals surface area contributed by atoms with Gasteiger partial charge in [-0.1, -0.05) is 13.8 Å². The van der Waals surface area contributed by atoms with Crippen molar-refractivity contribution in [1.82, 2.24) is 9.97 Å². The molecule has 1 aromatic heterocycles. The summed E-state index contributed by atoms with van der Waals surface area (Å²) in [5, 5.41) is 0. The molecule has 2 N–H and O–H groups in total. The minimum Gasteiger partial charge on any atom is -0.383 e. The third-order valence-corrected chi connectivity index (χ3v) is 3.93. The van der Waals surface area contributed by atoms with Crippen LogP contribution >= 0.6 is 0 Å². The zero-order chi connectivity index (χ0) is 14.2. The van der Waals surface area contributed by atoms with Gasteiger partial charge in [0.2, 0.25) is 0 Å². The van der Waals surface area contributed by atoms with Crippen molar-refractivity contribution in [1.29, 1.82) is 0 Å². The summed E-state index contributed by atoms with van der Waals surface area (Å²) in [6.07, 6.45) is 3.55. The molecule has 1 aliphatic rings. The molecule has 2 rings (SSSR count).